The van der Waals surface area contributed by atoms with E-state index in [2.05, 4.69) is 5.32 Å². The Bertz CT molecular complexity index is 487. The normalized spacial score (nSPS) is 11.1. The summed E-state index contributed by atoms with van der Waals surface area (Å²) in [5, 5.41) is 2.29. The first-order chi connectivity index (χ1) is 8.24. The van der Waals surface area contributed by atoms with Gasteiger partial charge in [-0.05, 0) is 11.6 Å². The van der Waals surface area contributed by atoms with Crippen molar-refractivity contribution in [3.8, 4) is 0 Å². The average Bonchev–Trinajstić information content (AvgIpc) is 2.25. The third-order valence-electron chi connectivity index (χ3n) is 2.57. The zero-order chi connectivity index (χ0) is 13.9. The Labute approximate surface area is 103 Å². The number of amides is 2. The molecule has 0 aliphatic carbocycles. The molecule has 1 rings (SSSR count). The molecule has 1 aromatic carbocycles. The van der Waals surface area contributed by atoms with Crippen molar-refractivity contribution >= 4 is 11.8 Å². The van der Waals surface area contributed by atoms with Crippen LogP contribution in [0.3, 0.4) is 0 Å². The van der Waals surface area contributed by atoms with Gasteiger partial charge in [-0.3, -0.25) is 9.59 Å². The van der Waals surface area contributed by atoms with E-state index in [1.54, 1.807) is 13.8 Å². The number of carbonyl (C=O) groups is 2. The van der Waals surface area contributed by atoms with Crippen LogP contribution in [-0.4, -0.2) is 18.4 Å². The molecule has 3 N–H and O–H groups in total. The average molecular weight is 256 g/mol. The zero-order valence-electron chi connectivity index (χ0n) is 10.1. The van der Waals surface area contributed by atoms with E-state index in [-0.39, 0.29) is 12.1 Å². The summed E-state index contributed by atoms with van der Waals surface area (Å²) in [6, 6.07) is 3.21. The van der Waals surface area contributed by atoms with Crippen LogP contribution >= 0.6 is 0 Å². The Morgan fingerprint density at radius 2 is 1.94 bits per heavy atom. The number of benzene rings is 1. The zero-order valence-corrected chi connectivity index (χ0v) is 10.1. The molecule has 4 nitrogen and oxygen atoms in total. The summed E-state index contributed by atoms with van der Waals surface area (Å²) in [4.78, 5) is 21.6. The lowest BCUT2D eigenvalue weighted by Gasteiger charge is -2.25. The van der Waals surface area contributed by atoms with Gasteiger partial charge in [0, 0.05) is 18.0 Å². The Hall–Kier alpha value is -1.98. The lowest BCUT2D eigenvalue weighted by atomic mass is 9.84. The van der Waals surface area contributed by atoms with Crippen molar-refractivity contribution in [2.75, 3.05) is 6.54 Å². The molecular weight excluding hydrogens is 242 g/mol. The molecule has 0 aliphatic rings. The second-order valence-electron chi connectivity index (χ2n) is 4.55. The highest BCUT2D eigenvalue weighted by Crippen LogP contribution is 2.25. The van der Waals surface area contributed by atoms with Gasteiger partial charge in [-0.25, -0.2) is 8.78 Å². The van der Waals surface area contributed by atoms with E-state index in [4.69, 9.17) is 5.73 Å². The molecule has 0 spiro atoms. The topological polar surface area (TPSA) is 72.2 Å². The molecule has 98 valence electrons. The van der Waals surface area contributed by atoms with Crippen molar-refractivity contribution in [2.45, 2.75) is 19.3 Å². The van der Waals surface area contributed by atoms with E-state index in [0.717, 1.165) is 12.1 Å². The van der Waals surface area contributed by atoms with Crippen LogP contribution in [0.4, 0.5) is 8.78 Å². The highest BCUT2D eigenvalue weighted by atomic mass is 19.1. The van der Waals surface area contributed by atoms with Crippen LogP contribution in [0.2, 0.25) is 0 Å². The van der Waals surface area contributed by atoms with Crippen molar-refractivity contribution in [1.82, 2.24) is 5.32 Å². The fourth-order valence-electron chi connectivity index (χ4n) is 1.52. The van der Waals surface area contributed by atoms with Crippen molar-refractivity contribution < 1.29 is 18.4 Å². The highest BCUT2D eigenvalue weighted by molar-refractivity contribution is 6.34. The number of nitrogens with two attached hydrogens (primary N) is 1. The van der Waals surface area contributed by atoms with E-state index in [9.17, 15) is 18.4 Å². The van der Waals surface area contributed by atoms with Crippen molar-refractivity contribution in [1.29, 1.82) is 0 Å². The molecule has 18 heavy (non-hydrogen) atoms. The minimum Gasteiger partial charge on any atom is -0.361 e. The number of hydrogen-bond donors (Lipinski definition) is 2. The predicted octanol–water partition coefficient (Wildman–Crippen LogP) is 0.844. The summed E-state index contributed by atoms with van der Waals surface area (Å²) in [7, 11) is 0. The Morgan fingerprint density at radius 3 is 2.44 bits per heavy atom. The molecule has 0 fully saturated rings. The molecule has 0 radical (unpaired) electrons. The predicted molar refractivity (Wildman–Crippen MR) is 61.6 cm³/mol. The Balaban J connectivity index is 2.85. The van der Waals surface area contributed by atoms with Crippen LogP contribution in [0.15, 0.2) is 18.2 Å². The molecule has 0 aliphatic heterocycles. The van der Waals surface area contributed by atoms with Crippen molar-refractivity contribution in [3.05, 3.63) is 35.4 Å². The second-order valence-corrected chi connectivity index (χ2v) is 4.55. The number of nitrogens with one attached hydrogen (secondary N) is 1. The lowest BCUT2D eigenvalue weighted by Crippen LogP contribution is -2.42. The van der Waals surface area contributed by atoms with Gasteiger partial charge in [0.15, 0.2) is 0 Å². The minimum absolute atomic E-state index is 0.0112. The quantitative estimate of drug-likeness (QED) is 0.787. The standard InChI is InChI=1S/C12H14F2N2O2/c1-12(2,6-16-11(18)10(15)17)8-4-3-7(13)5-9(8)14/h3-5H,6H2,1-2H3,(H2,15,17)(H,16,18). The van der Waals surface area contributed by atoms with Gasteiger partial charge in [-0.1, -0.05) is 19.9 Å². The molecule has 0 bridgehead atoms. The van der Waals surface area contributed by atoms with Crippen LogP contribution in [0.1, 0.15) is 19.4 Å². The number of primary amides is 1. The molecule has 0 aromatic heterocycles. The monoisotopic (exact) mass is 256 g/mol. The minimum atomic E-state index is -1.11. The van der Waals surface area contributed by atoms with Gasteiger partial charge in [0.2, 0.25) is 0 Å². The summed E-state index contributed by atoms with van der Waals surface area (Å²) >= 11 is 0. The summed E-state index contributed by atoms with van der Waals surface area (Å²) in [6.07, 6.45) is 0. The van der Waals surface area contributed by atoms with Gasteiger partial charge in [0.1, 0.15) is 11.6 Å². The molecule has 0 saturated heterocycles. The summed E-state index contributed by atoms with van der Waals surface area (Å²) in [6.45, 7) is 3.33. The first kappa shape index (κ1) is 14.1. The largest absolute Gasteiger partial charge is 0.361 e. The Kier molecular flexibility index (Phi) is 4.00. The van der Waals surface area contributed by atoms with Crippen LogP contribution < -0.4 is 11.1 Å². The summed E-state index contributed by atoms with van der Waals surface area (Å²) in [5.41, 5.74) is 4.23. The van der Waals surface area contributed by atoms with Crippen LogP contribution in [0.25, 0.3) is 0 Å². The first-order valence-electron chi connectivity index (χ1n) is 5.27. The Morgan fingerprint density at radius 1 is 1.33 bits per heavy atom. The molecular formula is C12H14F2N2O2. The third-order valence-corrected chi connectivity index (χ3v) is 2.57. The van der Waals surface area contributed by atoms with Gasteiger partial charge in [0.05, 0.1) is 0 Å². The van der Waals surface area contributed by atoms with Gasteiger partial charge >= 0.3 is 11.8 Å². The fourth-order valence-corrected chi connectivity index (χ4v) is 1.52. The number of rotatable bonds is 3. The molecule has 1 aromatic rings. The first-order valence-corrected chi connectivity index (χ1v) is 5.27. The van der Waals surface area contributed by atoms with Crippen LogP contribution in [-0.2, 0) is 15.0 Å². The van der Waals surface area contributed by atoms with E-state index in [0.29, 0.717) is 0 Å². The highest BCUT2D eigenvalue weighted by Gasteiger charge is 2.25. The van der Waals surface area contributed by atoms with E-state index in [1.165, 1.54) is 6.07 Å². The molecule has 0 unspecified atom stereocenters. The van der Waals surface area contributed by atoms with Gasteiger partial charge in [0.25, 0.3) is 0 Å². The van der Waals surface area contributed by atoms with Crippen molar-refractivity contribution in [3.63, 3.8) is 0 Å². The van der Waals surface area contributed by atoms with Crippen molar-refractivity contribution in [2.24, 2.45) is 5.73 Å². The number of hydrogen-bond acceptors (Lipinski definition) is 2. The molecule has 0 heterocycles. The molecule has 0 atom stereocenters. The number of halogens is 2. The maximum absolute atomic E-state index is 13.6. The second kappa shape index (κ2) is 5.12. The van der Waals surface area contributed by atoms with E-state index in [1.807, 2.05) is 0 Å². The van der Waals surface area contributed by atoms with E-state index < -0.39 is 28.9 Å². The maximum atomic E-state index is 13.6. The van der Waals surface area contributed by atoms with Gasteiger partial charge in [-0.15, -0.1) is 0 Å². The fraction of sp³-hybridized carbons (Fsp3) is 0.333. The van der Waals surface area contributed by atoms with Gasteiger partial charge in [-0.2, -0.15) is 0 Å². The molecule has 6 heteroatoms. The lowest BCUT2D eigenvalue weighted by molar-refractivity contribution is -0.137. The number of carbonyl (C=O) groups excluding carboxylic acids is 2. The SMILES string of the molecule is CC(C)(CNC(=O)C(N)=O)c1ccc(F)cc1F. The maximum Gasteiger partial charge on any atom is 0.309 e. The summed E-state index contributed by atoms with van der Waals surface area (Å²) in [5.74, 6) is -3.42. The van der Waals surface area contributed by atoms with Gasteiger partial charge < -0.3 is 11.1 Å². The van der Waals surface area contributed by atoms with Crippen LogP contribution in [0, 0.1) is 11.6 Å². The molecule has 2 amide bonds. The third kappa shape index (κ3) is 3.26. The summed E-state index contributed by atoms with van der Waals surface area (Å²) < 4.78 is 26.4. The van der Waals surface area contributed by atoms with E-state index >= 15 is 0 Å². The smallest absolute Gasteiger partial charge is 0.309 e. The van der Waals surface area contributed by atoms with Crippen LogP contribution in [0.5, 0.6) is 0 Å². The molecule has 0 saturated carbocycles.